The molecule has 0 radical (unpaired) electrons. The zero-order valence-corrected chi connectivity index (χ0v) is 25.3. The molecule has 246 valence electrons. The number of benzene rings is 3. The van der Waals surface area contributed by atoms with Crippen molar-refractivity contribution in [1.29, 1.82) is 0 Å². The molecular formula is C30H27B2F10NO3. The van der Waals surface area contributed by atoms with Crippen LogP contribution in [0.2, 0.25) is 0 Å². The fourth-order valence-electron chi connectivity index (χ4n) is 5.78. The van der Waals surface area contributed by atoms with Gasteiger partial charge in [-0.2, -0.15) is 39.5 Å². The Morgan fingerprint density at radius 3 is 1.83 bits per heavy atom. The van der Waals surface area contributed by atoms with E-state index in [0.29, 0.717) is 12.1 Å². The molecule has 0 spiro atoms. The minimum Gasteiger partial charge on any atom is -0.496 e. The molecule has 0 saturated carbocycles. The number of methoxy groups -OCH3 is 1. The number of ether oxygens (including phenoxy) is 2. The Bertz CT molecular complexity index is 1620. The van der Waals surface area contributed by atoms with Crippen molar-refractivity contribution in [1.82, 2.24) is 4.90 Å². The van der Waals surface area contributed by atoms with Crippen LogP contribution in [0.4, 0.5) is 48.7 Å². The number of carbonyl (C=O) groups excluding carboxylic acids is 1. The molecule has 0 bridgehead atoms. The van der Waals surface area contributed by atoms with Gasteiger partial charge in [-0.05, 0) is 71.5 Å². The van der Waals surface area contributed by atoms with Gasteiger partial charge in [-0.3, -0.25) is 0 Å². The van der Waals surface area contributed by atoms with Crippen LogP contribution in [0, 0.1) is 5.82 Å². The van der Waals surface area contributed by atoms with Crippen LogP contribution in [-0.4, -0.2) is 39.8 Å². The molecule has 1 saturated heterocycles. The Balaban J connectivity index is 1.92. The van der Waals surface area contributed by atoms with E-state index in [1.54, 1.807) is 13.8 Å². The first kappa shape index (κ1) is 35.0. The highest BCUT2D eigenvalue weighted by Gasteiger charge is 2.49. The molecule has 1 fully saturated rings. The molecule has 4 nitrogen and oxygen atoms in total. The van der Waals surface area contributed by atoms with Crippen LogP contribution < -0.4 is 4.74 Å². The molecule has 0 unspecified atom stereocenters. The highest BCUT2D eigenvalue weighted by atomic mass is 19.4. The lowest BCUT2D eigenvalue weighted by Gasteiger charge is -2.40. The molecule has 1 amide bonds. The maximum Gasteiger partial charge on any atom is 0.416 e. The third kappa shape index (κ3) is 6.52. The summed E-state index contributed by atoms with van der Waals surface area (Å²) in [6, 6.07) is 4.74. The van der Waals surface area contributed by atoms with Crippen molar-refractivity contribution in [2.75, 3.05) is 7.11 Å². The Labute approximate surface area is 259 Å². The summed E-state index contributed by atoms with van der Waals surface area (Å²) in [6.45, 7) is 4.70. The van der Waals surface area contributed by atoms with Crippen molar-refractivity contribution in [3.05, 3.63) is 87.7 Å². The lowest BCUT2D eigenvalue weighted by atomic mass is 9.55. The molecule has 2 atom stereocenters. The summed E-state index contributed by atoms with van der Waals surface area (Å²) in [5.74, 6) is -1.00. The van der Waals surface area contributed by atoms with E-state index in [2.05, 4.69) is 0 Å². The minimum atomic E-state index is -5.17. The van der Waals surface area contributed by atoms with Gasteiger partial charge in [-0.1, -0.05) is 19.9 Å². The first-order chi connectivity index (χ1) is 21.0. The largest absolute Gasteiger partial charge is 0.496 e. The monoisotopic (exact) mass is 661 g/mol. The van der Waals surface area contributed by atoms with Gasteiger partial charge in [0.2, 0.25) is 0 Å². The van der Waals surface area contributed by atoms with Gasteiger partial charge in [0.25, 0.3) is 0 Å². The van der Waals surface area contributed by atoms with E-state index in [4.69, 9.17) is 9.47 Å². The maximum atomic E-state index is 14.9. The zero-order valence-electron chi connectivity index (χ0n) is 25.3. The van der Waals surface area contributed by atoms with Gasteiger partial charge in [-0.25, -0.2) is 9.18 Å². The lowest BCUT2D eigenvalue weighted by Crippen LogP contribution is -2.51. The third-order valence-electron chi connectivity index (χ3n) is 8.05. The first-order valence-electron chi connectivity index (χ1n) is 13.9. The van der Waals surface area contributed by atoms with Gasteiger partial charge >= 0.3 is 24.6 Å². The first-order valence-corrected chi connectivity index (χ1v) is 13.9. The van der Waals surface area contributed by atoms with Gasteiger partial charge in [0.1, 0.15) is 33.4 Å². The van der Waals surface area contributed by atoms with Gasteiger partial charge in [0, 0.05) is 17.0 Å². The van der Waals surface area contributed by atoms with E-state index in [1.165, 1.54) is 35.8 Å². The van der Waals surface area contributed by atoms with Crippen molar-refractivity contribution < 1.29 is 58.2 Å². The highest BCUT2D eigenvalue weighted by Crippen LogP contribution is 2.47. The number of halogens is 10. The van der Waals surface area contributed by atoms with E-state index in [1.807, 2.05) is 0 Å². The average Bonchev–Trinajstić information content (AvgIpc) is 3.24. The van der Waals surface area contributed by atoms with E-state index < -0.39 is 70.2 Å². The standard InChI is InChI=1S/C30H27B2F10NO3/c1-13(2)20-11-21(24(45-4)12-23(20)33)19-6-5-16(28(34,35)36)10-22(19)27(31,32)43-14(3)25(46-26(43)44)15-7-17(29(37,38)39)9-18(8-15)30(40,41)42/h5-14,25H,31-32H2,1-4H3/t14-,25-/m0/s1. The highest BCUT2D eigenvalue weighted by molar-refractivity contribution is 6.41. The molecule has 16 heteroatoms. The molecule has 3 aromatic rings. The molecule has 1 aliphatic heterocycles. The fraction of sp³-hybridized carbons (Fsp3) is 0.367. The number of amides is 1. The van der Waals surface area contributed by atoms with Crippen LogP contribution in [0.1, 0.15) is 66.2 Å². The Morgan fingerprint density at radius 2 is 1.35 bits per heavy atom. The van der Waals surface area contributed by atoms with Gasteiger partial charge in [0.15, 0.2) is 0 Å². The van der Waals surface area contributed by atoms with Crippen LogP contribution >= 0.6 is 0 Å². The van der Waals surface area contributed by atoms with Crippen LogP contribution in [0.5, 0.6) is 5.75 Å². The molecule has 1 heterocycles. The van der Waals surface area contributed by atoms with E-state index in [9.17, 15) is 48.7 Å². The van der Waals surface area contributed by atoms with Crippen molar-refractivity contribution in [3.8, 4) is 16.9 Å². The Morgan fingerprint density at radius 1 is 0.804 bits per heavy atom. The second kappa shape index (κ2) is 11.8. The topological polar surface area (TPSA) is 38.8 Å². The number of alkyl halides is 9. The predicted octanol–water partition coefficient (Wildman–Crippen LogP) is 7.64. The maximum absolute atomic E-state index is 14.9. The van der Waals surface area contributed by atoms with Crippen LogP contribution in [-0.2, 0) is 28.6 Å². The predicted molar refractivity (Wildman–Crippen MR) is 153 cm³/mol. The summed E-state index contributed by atoms with van der Waals surface area (Å²) >= 11 is 0. The van der Waals surface area contributed by atoms with Crippen LogP contribution in [0.15, 0.2) is 48.5 Å². The molecule has 0 aliphatic carbocycles. The van der Waals surface area contributed by atoms with Gasteiger partial charge < -0.3 is 14.4 Å². The molecule has 46 heavy (non-hydrogen) atoms. The molecule has 4 rings (SSSR count). The summed E-state index contributed by atoms with van der Waals surface area (Å²) in [6.07, 6.45) is -18.0. The Kier molecular flexibility index (Phi) is 8.95. The van der Waals surface area contributed by atoms with E-state index >= 15 is 0 Å². The van der Waals surface area contributed by atoms with Crippen molar-refractivity contribution >= 4 is 21.8 Å². The number of nitrogens with zero attached hydrogens (tertiary/aromatic N) is 1. The average molecular weight is 661 g/mol. The molecule has 0 aromatic heterocycles. The zero-order chi connectivity index (χ0) is 34.7. The summed E-state index contributed by atoms with van der Waals surface area (Å²) in [5.41, 5.74) is -4.55. The minimum absolute atomic E-state index is 0.0303. The number of hydrogen-bond donors (Lipinski definition) is 0. The number of hydrogen-bond acceptors (Lipinski definition) is 3. The summed E-state index contributed by atoms with van der Waals surface area (Å²) in [4.78, 5) is 14.3. The van der Waals surface area contributed by atoms with Crippen molar-refractivity contribution in [2.24, 2.45) is 0 Å². The van der Waals surface area contributed by atoms with Crippen molar-refractivity contribution in [2.45, 2.75) is 62.7 Å². The van der Waals surface area contributed by atoms with E-state index in [0.717, 1.165) is 29.2 Å². The molecule has 3 aromatic carbocycles. The van der Waals surface area contributed by atoms with Gasteiger partial charge in [0.05, 0.1) is 29.8 Å². The summed E-state index contributed by atoms with van der Waals surface area (Å²) in [5, 5.41) is -1.73. The number of rotatable bonds is 6. The lowest BCUT2D eigenvalue weighted by molar-refractivity contribution is -0.143. The number of carbonyl (C=O) groups is 1. The van der Waals surface area contributed by atoms with Crippen LogP contribution in [0.25, 0.3) is 11.1 Å². The smallest absolute Gasteiger partial charge is 0.416 e. The number of cyclic esters (lactones) is 1. The molecule has 1 aliphatic rings. The quantitative estimate of drug-likeness (QED) is 0.202. The SMILES string of the molecule is BC(B)(c1cc(C(F)(F)F)ccc1-c1cc(C(C)C)c(F)cc1OC)N1C(=O)O[C@H](c2cc(C(F)(F)F)cc(C(F)(F)F)c2)[C@@H]1C. The Hall–Kier alpha value is -3.84. The fourth-order valence-corrected chi connectivity index (χ4v) is 5.78. The molecular weight excluding hydrogens is 634 g/mol. The summed E-state index contributed by atoms with van der Waals surface area (Å²) < 4.78 is 149. The van der Waals surface area contributed by atoms with Gasteiger partial charge in [-0.15, -0.1) is 0 Å². The molecule has 0 N–H and O–H groups in total. The third-order valence-corrected chi connectivity index (χ3v) is 8.05. The van der Waals surface area contributed by atoms with Crippen LogP contribution in [0.3, 0.4) is 0 Å². The normalized spacial score (nSPS) is 17.9. The second-order valence-corrected chi connectivity index (χ2v) is 11.8. The van der Waals surface area contributed by atoms with Crippen molar-refractivity contribution in [3.63, 3.8) is 0 Å². The van der Waals surface area contributed by atoms with E-state index in [-0.39, 0.29) is 40.0 Å². The second-order valence-electron chi connectivity index (χ2n) is 11.8. The summed E-state index contributed by atoms with van der Waals surface area (Å²) in [7, 11) is 3.95.